The molecule has 4 rings (SSSR count). The van der Waals surface area contributed by atoms with Gasteiger partial charge in [0.15, 0.2) is 0 Å². The number of hydrogen-bond donors (Lipinski definition) is 0. The third-order valence-corrected chi connectivity index (χ3v) is 5.32. The molecule has 142 valence electrons. The van der Waals surface area contributed by atoms with E-state index in [1.807, 2.05) is 17.1 Å². The van der Waals surface area contributed by atoms with Crippen LogP contribution in [0.3, 0.4) is 0 Å². The van der Waals surface area contributed by atoms with Gasteiger partial charge < -0.3 is 9.30 Å². The Morgan fingerprint density at radius 2 is 1.93 bits per heavy atom. The normalized spacial score (nSPS) is 14.9. The third-order valence-electron chi connectivity index (χ3n) is 5.32. The average molecular weight is 365 g/mol. The highest BCUT2D eigenvalue weighted by molar-refractivity contribution is 5.64. The van der Waals surface area contributed by atoms with Crippen LogP contribution in [0, 0.1) is 0 Å². The molecule has 0 saturated carbocycles. The minimum atomic E-state index is 0.708. The summed E-state index contributed by atoms with van der Waals surface area (Å²) in [5.41, 5.74) is 5.14. The fourth-order valence-electron chi connectivity index (χ4n) is 3.93. The highest BCUT2D eigenvalue weighted by atomic mass is 16.5. The smallest absolute Gasteiger partial charge is 0.122 e. The third kappa shape index (κ3) is 3.82. The van der Waals surface area contributed by atoms with Gasteiger partial charge in [-0.15, -0.1) is 0 Å². The van der Waals surface area contributed by atoms with Gasteiger partial charge in [0.25, 0.3) is 0 Å². The molecular weight excluding hydrogens is 338 g/mol. The number of ether oxygens (including phenoxy) is 1. The van der Waals surface area contributed by atoms with Crippen molar-refractivity contribution in [3.63, 3.8) is 0 Å². The maximum Gasteiger partial charge on any atom is 0.122 e. The van der Waals surface area contributed by atoms with Crippen LogP contribution < -0.4 is 0 Å². The maximum atomic E-state index is 5.21. The average Bonchev–Trinajstić information content (AvgIpc) is 3.20. The van der Waals surface area contributed by atoms with Crippen LogP contribution in [0.4, 0.5) is 0 Å². The number of hydrogen-bond acceptors (Lipinski definition) is 4. The number of nitrogens with zero attached hydrogens (tertiary/aromatic N) is 5. The zero-order valence-corrected chi connectivity index (χ0v) is 16.1. The minimum Gasteiger partial charge on any atom is -0.383 e. The number of rotatable bonds is 6. The first kappa shape index (κ1) is 17.9. The van der Waals surface area contributed by atoms with Crippen molar-refractivity contribution in [2.75, 3.05) is 26.8 Å². The second-order valence-corrected chi connectivity index (χ2v) is 7.07. The molecule has 0 unspecified atom stereocenters. The largest absolute Gasteiger partial charge is 0.383 e. The molecule has 0 aliphatic carbocycles. The van der Waals surface area contributed by atoms with Gasteiger partial charge in [0.05, 0.1) is 24.5 Å². The summed E-state index contributed by atoms with van der Waals surface area (Å²) < 4.78 is 9.44. The number of imidazole rings is 1. The Balaban J connectivity index is 1.50. The quantitative estimate of drug-likeness (QED) is 0.674. The summed E-state index contributed by atoms with van der Waals surface area (Å²) in [5, 5.41) is 4.83. The van der Waals surface area contributed by atoms with Gasteiger partial charge in [0.1, 0.15) is 5.82 Å². The summed E-state index contributed by atoms with van der Waals surface area (Å²) in [7, 11) is 3.79. The fraction of sp³-hybridized carbons (Fsp3) is 0.429. The predicted molar refractivity (Wildman–Crippen MR) is 105 cm³/mol. The first-order chi connectivity index (χ1) is 13.3. The molecule has 0 fully saturated rings. The highest BCUT2D eigenvalue weighted by Gasteiger charge is 2.22. The Hall–Kier alpha value is -2.44. The molecule has 0 saturated heterocycles. The van der Waals surface area contributed by atoms with E-state index in [1.165, 1.54) is 22.5 Å². The monoisotopic (exact) mass is 365 g/mol. The Morgan fingerprint density at radius 1 is 1.11 bits per heavy atom. The summed E-state index contributed by atoms with van der Waals surface area (Å²) in [5.74, 6) is 1.11. The molecule has 1 aliphatic heterocycles. The summed E-state index contributed by atoms with van der Waals surface area (Å²) in [6.07, 6.45) is 5.92. The molecule has 3 aromatic rings. The molecule has 3 heterocycles. The molecule has 0 atom stereocenters. The number of benzene rings is 1. The molecule has 6 heteroatoms. The van der Waals surface area contributed by atoms with Crippen LogP contribution in [0.5, 0.6) is 0 Å². The number of aromatic nitrogens is 4. The maximum absolute atomic E-state index is 5.21. The zero-order chi connectivity index (χ0) is 18.6. The van der Waals surface area contributed by atoms with E-state index in [2.05, 4.69) is 51.8 Å². The Morgan fingerprint density at radius 3 is 2.74 bits per heavy atom. The Bertz CT molecular complexity index is 883. The Labute approximate surface area is 160 Å². The van der Waals surface area contributed by atoms with E-state index in [4.69, 9.17) is 9.84 Å². The van der Waals surface area contributed by atoms with Crippen LogP contribution in [0.2, 0.25) is 0 Å². The van der Waals surface area contributed by atoms with E-state index in [0.717, 1.165) is 44.8 Å². The van der Waals surface area contributed by atoms with E-state index in [0.29, 0.717) is 6.61 Å². The summed E-state index contributed by atoms with van der Waals surface area (Å²) in [6.45, 7) is 4.46. The van der Waals surface area contributed by atoms with Gasteiger partial charge in [-0.1, -0.05) is 30.3 Å². The number of aryl methyl sites for hydroxylation is 1. The first-order valence-corrected chi connectivity index (χ1v) is 9.57. The highest BCUT2D eigenvalue weighted by Crippen LogP contribution is 2.28. The molecule has 0 spiro atoms. The van der Waals surface area contributed by atoms with Gasteiger partial charge in [-0.3, -0.25) is 9.58 Å². The molecule has 6 nitrogen and oxygen atoms in total. The fourth-order valence-corrected chi connectivity index (χ4v) is 3.93. The van der Waals surface area contributed by atoms with Crippen molar-refractivity contribution in [1.82, 2.24) is 24.2 Å². The van der Waals surface area contributed by atoms with E-state index in [-0.39, 0.29) is 0 Å². The molecule has 1 aromatic carbocycles. The molecule has 0 bridgehead atoms. The lowest BCUT2D eigenvalue weighted by Crippen LogP contribution is -2.28. The lowest BCUT2D eigenvalue weighted by Gasteiger charge is -2.20. The van der Waals surface area contributed by atoms with Gasteiger partial charge in [-0.2, -0.15) is 5.10 Å². The first-order valence-electron chi connectivity index (χ1n) is 9.57. The van der Waals surface area contributed by atoms with Crippen molar-refractivity contribution in [3.8, 4) is 11.3 Å². The van der Waals surface area contributed by atoms with Crippen molar-refractivity contribution >= 4 is 0 Å². The summed E-state index contributed by atoms with van der Waals surface area (Å²) in [4.78, 5) is 7.04. The lowest BCUT2D eigenvalue weighted by atomic mass is 10.0. The summed E-state index contributed by atoms with van der Waals surface area (Å²) in [6, 6.07) is 10.6. The molecule has 0 amide bonds. The lowest BCUT2D eigenvalue weighted by molar-refractivity contribution is 0.184. The molecule has 0 N–H and O–H groups in total. The summed E-state index contributed by atoms with van der Waals surface area (Å²) >= 11 is 0. The van der Waals surface area contributed by atoms with Crippen LogP contribution >= 0.6 is 0 Å². The minimum absolute atomic E-state index is 0.708. The van der Waals surface area contributed by atoms with Crippen molar-refractivity contribution in [3.05, 3.63) is 59.8 Å². The van der Waals surface area contributed by atoms with Crippen LogP contribution in [0.15, 0.2) is 42.7 Å². The van der Waals surface area contributed by atoms with E-state index < -0.39 is 0 Å². The molecule has 1 aliphatic rings. The van der Waals surface area contributed by atoms with Crippen molar-refractivity contribution in [2.24, 2.45) is 7.05 Å². The van der Waals surface area contributed by atoms with Gasteiger partial charge in [-0.25, -0.2) is 4.98 Å². The van der Waals surface area contributed by atoms with E-state index >= 15 is 0 Å². The van der Waals surface area contributed by atoms with Gasteiger partial charge in [0.2, 0.25) is 0 Å². The van der Waals surface area contributed by atoms with Crippen LogP contribution in [-0.2, 0) is 37.7 Å². The second kappa shape index (κ2) is 8.06. The Kier molecular flexibility index (Phi) is 5.36. The molecule has 0 radical (unpaired) electrons. The van der Waals surface area contributed by atoms with E-state index in [9.17, 15) is 0 Å². The van der Waals surface area contributed by atoms with Crippen LogP contribution in [-0.4, -0.2) is 51.0 Å². The van der Waals surface area contributed by atoms with Gasteiger partial charge in [-0.05, 0) is 6.42 Å². The second-order valence-electron chi connectivity index (χ2n) is 7.07. The van der Waals surface area contributed by atoms with Crippen LogP contribution in [0.1, 0.15) is 17.1 Å². The molecule has 27 heavy (non-hydrogen) atoms. The predicted octanol–water partition coefficient (Wildman–Crippen LogP) is 2.53. The van der Waals surface area contributed by atoms with Gasteiger partial charge in [0, 0.05) is 63.7 Å². The topological polar surface area (TPSA) is 48.1 Å². The molecule has 2 aromatic heterocycles. The van der Waals surface area contributed by atoms with Gasteiger partial charge >= 0.3 is 0 Å². The van der Waals surface area contributed by atoms with Crippen molar-refractivity contribution in [2.45, 2.75) is 25.9 Å². The molecular formula is C21H27N5O. The standard InChI is InChI=1S/C21H27N5O/c1-24-21(17-6-4-3-5-7-17)18-8-11-25(12-9-19(18)23-24)16-20-22-10-13-26(20)14-15-27-2/h3-7,10,13H,8-9,11-12,14-16H2,1-2H3. The SMILES string of the molecule is COCCn1ccnc1CN1CCc2nn(C)c(-c3ccccc3)c2CC1. The van der Waals surface area contributed by atoms with Crippen molar-refractivity contribution in [1.29, 1.82) is 0 Å². The van der Waals surface area contributed by atoms with Crippen LogP contribution in [0.25, 0.3) is 11.3 Å². The zero-order valence-electron chi connectivity index (χ0n) is 16.1. The number of methoxy groups -OCH3 is 1. The van der Waals surface area contributed by atoms with Crippen molar-refractivity contribution < 1.29 is 4.74 Å². The number of fused-ring (bicyclic) bond motifs is 1. The van der Waals surface area contributed by atoms with E-state index in [1.54, 1.807) is 7.11 Å².